The van der Waals surface area contributed by atoms with E-state index in [9.17, 15) is 0 Å². The molecule has 2 aromatic carbocycles. The van der Waals surface area contributed by atoms with Gasteiger partial charge in [-0.05, 0) is 24.3 Å². The summed E-state index contributed by atoms with van der Waals surface area (Å²) in [7, 11) is 0. The molecule has 0 fully saturated rings. The molecular formula is C13H12ClN3. The standard InChI is InChI=1S/C13H12ClN3/c14-11-6-8-12(9-7-11)16-13(17-15)10-4-2-1-3-5-10/h1-9H,15H2,(H,16,17). The van der Waals surface area contributed by atoms with Crippen molar-refractivity contribution in [1.29, 1.82) is 0 Å². The molecule has 0 aliphatic carbocycles. The van der Waals surface area contributed by atoms with E-state index in [0.29, 0.717) is 10.9 Å². The fourth-order valence-electron chi connectivity index (χ4n) is 1.42. The third-order valence-electron chi connectivity index (χ3n) is 2.25. The Morgan fingerprint density at radius 1 is 1.00 bits per heavy atom. The summed E-state index contributed by atoms with van der Waals surface area (Å²) in [6.45, 7) is 0. The highest BCUT2D eigenvalue weighted by molar-refractivity contribution is 6.30. The Morgan fingerprint density at radius 3 is 2.24 bits per heavy atom. The lowest BCUT2D eigenvalue weighted by Crippen LogP contribution is -2.30. The second kappa shape index (κ2) is 5.48. The largest absolute Gasteiger partial charge is 0.308 e. The lowest BCUT2D eigenvalue weighted by molar-refractivity contribution is 1.02. The first kappa shape index (κ1) is 11.6. The minimum atomic E-state index is 0.618. The monoisotopic (exact) mass is 245 g/mol. The number of hydrazine groups is 1. The third-order valence-corrected chi connectivity index (χ3v) is 2.50. The van der Waals surface area contributed by atoms with Crippen LogP contribution >= 0.6 is 11.6 Å². The number of benzene rings is 2. The number of hydrogen-bond acceptors (Lipinski definition) is 2. The smallest absolute Gasteiger partial charge is 0.147 e. The summed E-state index contributed by atoms with van der Waals surface area (Å²) in [6, 6.07) is 16.9. The highest BCUT2D eigenvalue weighted by Gasteiger charge is 2.00. The molecule has 2 rings (SSSR count). The molecule has 0 radical (unpaired) electrons. The molecule has 0 atom stereocenters. The molecule has 3 N–H and O–H groups in total. The Kier molecular flexibility index (Phi) is 3.75. The van der Waals surface area contributed by atoms with Crippen molar-refractivity contribution >= 4 is 23.1 Å². The molecule has 0 aliphatic rings. The van der Waals surface area contributed by atoms with Gasteiger partial charge in [0.2, 0.25) is 0 Å². The van der Waals surface area contributed by atoms with Crippen molar-refractivity contribution in [2.75, 3.05) is 0 Å². The SMILES string of the molecule is NNC(=Nc1ccc(Cl)cc1)c1ccccc1. The van der Waals surface area contributed by atoms with Crippen LogP contribution in [0.4, 0.5) is 5.69 Å². The van der Waals surface area contributed by atoms with E-state index in [1.807, 2.05) is 42.5 Å². The van der Waals surface area contributed by atoms with Crippen LogP contribution in [0.15, 0.2) is 59.6 Å². The van der Waals surface area contributed by atoms with Crippen LogP contribution in [0.3, 0.4) is 0 Å². The number of halogens is 1. The number of aliphatic imine (C=N–C) groups is 1. The summed E-state index contributed by atoms with van der Waals surface area (Å²) in [5.41, 5.74) is 4.33. The molecule has 0 saturated carbocycles. The van der Waals surface area contributed by atoms with Crippen molar-refractivity contribution in [2.24, 2.45) is 10.8 Å². The molecule has 0 unspecified atom stereocenters. The van der Waals surface area contributed by atoms with Gasteiger partial charge >= 0.3 is 0 Å². The van der Waals surface area contributed by atoms with E-state index in [-0.39, 0.29) is 0 Å². The first-order valence-corrected chi connectivity index (χ1v) is 5.53. The van der Waals surface area contributed by atoms with E-state index >= 15 is 0 Å². The van der Waals surface area contributed by atoms with Crippen LogP contribution in [0.5, 0.6) is 0 Å². The Hall–Kier alpha value is -1.84. The molecule has 86 valence electrons. The molecule has 0 bridgehead atoms. The number of rotatable bonds is 2. The van der Waals surface area contributed by atoms with Gasteiger partial charge in [-0.1, -0.05) is 41.9 Å². The van der Waals surface area contributed by atoms with Gasteiger partial charge in [0.25, 0.3) is 0 Å². The first-order valence-electron chi connectivity index (χ1n) is 5.16. The zero-order valence-electron chi connectivity index (χ0n) is 9.10. The molecule has 0 aliphatic heterocycles. The van der Waals surface area contributed by atoms with Crippen molar-refractivity contribution in [2.45, 2.75) is 0 Å². The summed E-state index contributed by atoms with van der Waals surface area (Å²) >= 11 is 5.81. The van der Waals surface area contributed by atoms with Crippen molar-refractivity contribution < 1.29 is 0 Å². The molecule has 17 heavy (non-hydrogen) atoms. The second-order valence-corrected chi connectivity index (χ2v) is 3.88. The van der Waals surface area contributed by atoms with E-state index < -0.39 is 0 Å². The highest BCUT2D eigenvalue weighted by atomic mass is 35.5. The van der Waals surface area contributed by atoms with Crippen LogP contribution in [0.1, 0.15) is 5.56 Å². The lowest BCUT2D eigenvalue weighted by Gasteiger charge is -2.05. The van der Waals surface area contributed by atoms with Gasteiger partial charge in [0.05, 0.1) is 5.69 Å². The summed E-state index contributed by atoms with van der Waals surface area (Å²) < 4.78 is 0. The van der Waals surface area contributed by atoms with Crippen LogP contribution in [-0.2, 0) is 0 Å². The Balaban J connectivity index is 2.33. The predicted octanol–water partition coefficient (Wildman–Crippen LogP) is 2.88. The fourth-order valence-corrected chi connectivity index (χ4v) is 1.55. The topological polar surface area (TPSA) is 50.4 Å². The minimum absolute atomic E-state index is 0.618. The van der Waals surface area contributed by atoms with E-state index in [1.165, 1.54) is 0 Å². The molecular weight excluding hydrogens is 234 g/mol. The maximum absolute atomic E-state index is 5.81. The summed E-state index contributed by atoms with van der Waals surface area (Å²) in [6.07, 6.45) is 0. The average Bonchev–Trinajstić information content (AvgIpc) is 2.39. The number of nitrogens with one attached hydrogen (secondary N) is 1. The van der Waals surface area contributed by atoms with Crippen LogP contribution in [-0.4, -0.2) is 5.84 Å². The van der Waals surface area contributed by atoms with Gasteiger partial charge in [0.15, 0.2) is 0 Å². The normalized spacial score (nSPS) is 11.3. The van der Waals surface area contributed by atoms with Crippen molar-refractivity contribution in [3.05, 3.63) is 65.2 Å². The van der Waals surface area contributed by atoms with Crippen LogP contribution in [0.25, 0.3) is 0 Å². The van der Waals surface area contributed by atoms with E-state index in [2.05, 4.69) is 10.4 Å². The number of hydrogen-bond donors (Lipinski definition) is 2. The number of amidine groups is 1. The molecule has 2 aromatic rings. The Morgan fingerprint density at radius 2 is 1.65 bits per heavy atom. The molecule has 0 saturated heterocycles. The molecule has 4 heteroatoms. The Bertz CT molecular complexity index is 506. The Labute approximate surface area is 105 Å². The lowest BCUT2D eigenvalue weighted by atomic mass is 10.2. The van der Waals surface area contributed by atoms with Crippen LogP contribution < -0.4 is 11.3 Å². The second-order valence-electron chi connectivity index (χ2n) is 3.45. The maximum Gasteiger partial charge on any atom is 0.147 e. The van der Waals surface area contributed by atoms with Crippen LogP contribution in [0.2, 0.25) is 5.02 Å². The van der Waals surface area contributed by atoms with Gasteiger partial charge in [-0.3, -0.25) is 0 Å². The third kappa shape index (κ3) is 3.06. The summed E-state index contributed by atoms with van der Waals surface area (Å²) in [5.74, 6) is 6.09. The molecule has 0 amide bonds. The first-order chi connectivity index (χ1) is 8.29. The molecule has 0 spiro atoms. The molecule has 3 nitrogen and oxygen atoms in total. The molecule has 0 aromatic heterocycles. The number of nitrogens with two attached hydrogens (primary N) is 1. The van der Waals surface area contributed by atoms with Gasteiger partial charge in [-0.15, -0.1) is 0 Å². The fraction of sp³-hybridized carbons (Fsp3) is 0. The molecule has 0 heterocycles. The minimum Gasteiger partial charge on any atom is -0.308 e. The van der Waals surface area contributed by atoms with Crippen molar-refractivity contribution in [3.63, 3.8) is 0 Å². The van der Waals surface area contributed by atoms with Gasteiger partial charge < -0.3 is 5.43 Å². The number of nitrogens with zero attached hydrogens (tertiary/aromatic N) is 1. The van der Waals surface area contributed by atoms with Gasteiger partial charge in [-0.2, -0.15) is 0 Å². The van der Waals surface area contributed by atoms with Crippen LogP contribution in [0, 0.1) is 0 Å². The highest BCUT2D eigenvalue weighted by Crippen LogP contribution is 2.17. The average molecular weight is 246 g/mol. The van der Waals surface area contributed by atoms with Crippen molar-refractivity contribution in [1.82, 2.24) is 5.43 Å². The van der Waals surface area contributed by atoms with E-state index in [4.69, 9.17) is 17.4 Å². The summed E-state index contributed by atoms with van der Waals surface area (Å²) in [5, 5.41) is 0.686. The maximum atomic E-state index is 5.81. The van der Waals surface area contributed by atoms with E-state index in [1.54, 1.807) is 12.1 Å². The predicted molar refractivity (Wildman–Crippen MR) is 71.4 cm³/mol. The van der Waals surface area contributed by atoms with E-state index in [0.717, 1.165) is 11.3 Å². The van der Waals surface area contributed by atoms with Gasteiger partial charge in [0, 0.05) is 10.6 Å². The van der Waals surface area contributed by atoms with Gasteiger partial charge in [0.1, 0.15) is 5.84 Å². The summed E-state index contributed by atoms with van der Waals surface area (Å²) in [4.78, 5) is 4.41. The van der Waals surface area contributed by atoms with Crippen molar-refractivity contribution in [3.8, 4) is 0 Å². The zero-order valence-corrected chi connectivity index (χ0v) is 9.85. The zero-order chi connectivity index (χ0) is 12.1. The quantitative estimate of drug-likeness (QED) is 0.370. The van der Waals surface area contributed by atoms with Gasteiger partial charge in [-0.25, -0.2) is 10.8 Å².